The summed E-state index contributed by atoms with van der Waals surface area (Å²) in [6, 6.07) is 9.27. The zero-order valence-corrected chi connectivity index (χ0v) is 12.3. The zero-order chi connectivity index (χ0) is 13.3. The number of rotatable bonds is 1. The smallest absolute Gasteiger partial charge is 0.0634 e. The highest BCUT2D eigenvalue weighted by Crippen LogP contribution is 2.41. The van der Waals surface area contributed by atoms with Crippen LogP contribution in [-0.4, -0.2) is 11.3 Å². The molecule has 0 amide bonds. The summed E-state index contributed by atoms with van der Waals surface area (Å²) in [7, 11) is 0. The molecule has 18 heavy (non-hydrogen) atoms. The maximum absolute atomic E-state index is 8.88. The molecule has 1 aliphatic heterocycles. The zero-order valence-electron chi connectivity index (χ0n) is 11.4. The van der Waals surface area contributed by atoms with Crippen LogP contribution in [0, 0.1) is 11.3 Å². The van der Waals surface area contributed by atoms with Crippen molar-refractivity contribution in [2.75, 3.05) is 5.32 Å². The number of anilines is 1. The van der Waals surface area contributed by atoms with E-state index < -0.39 is 0 Å². The van der Waals surface area contributed by atoms with E-state index in [1.54, 1.807) is 0 Å². The first-order valence-electron chi connectivity index (χ1n) is 6.36. The molecule has 0 fully saturated rings. The standard InChI is InChI=1S/C15H20N2S/c1-10-13(7-8-16)18-14-9-11(15(2,3)4)5-6-12(14)17-10/h5-6,9-10,13,17H,7H2,1-4H3. The van der Waals surface area contributed by atoms with Crippen molar-refractivity contribution in [2.45, 2.75) is 55.7 Å². The number of nitrogens with zero attached hydrogens (tertiary/aromatic N) is 1. The van der Waals surface area contributed by atoms with Crippen molar-refractivity contribution < 1.29 is 0 Å². The Morgan fingerprint density at radius 2 is 2.11 bits per heavy atom. The van der Waals surface area contributed by atoms with Gasteiger partial charge in [0, 0.05) is 28.3 Å². The summed E-state index contributed by atoms with van der Waals surface area (Å²) in [6.07, 6.45) is 0.595. The Kier molecular flexibility index (Phi) is 3.59. The molecule has 2 unspecified atom stereocenters. The lowest BCUT2D eigenvalue weighted by molar-refractivity contribution is 0.588. The number of benzene rings is 1. The molecule has 0 saturated heterocycles. The summed E-state index contributed by atoms with van der Waals surface area (Å²) in [6.45, 7) is 8.83. The second-order valence-corrected chi connectivity index (χ2v) is 7.19. The topological polar surface area (TPSA) is 35.8 Å². The Morgan fingerprint density at radius 3 is 2.72 bits per heavy atom. The van der Waals surface area contributed by atoms with Gasteiger partial charge in [0.25, 0.3) is 0 Å². The molecule has 2 rings (SSSR count). The van der Waals surface area contributed by atoms with E-state index in [0.29, 0.717) is 17.7 Å². The Labute approximate surface area is 114 Å². The molecule has 2 nitrogen and oxygen atoms in total. The minimum Gasteiger partial charge on any atom is -0.381 e. The van der Waals surface area contributed by atoms with E-state index in [0.717, 1.165) is 0 Å². The summed E-state index contributed by atoms with van der Waals surface area (Å²) in [5.74, 6) is 0. The highest BCUT2D eigenvalue weighted by Gasteiger charge is 2.26. The predicted octanol–water partition coefficient (Wildman–Crippen LogP) is 4.17. The van der Waals surface area contributed by atoms with Gasteiger partial charge in [-0.1, -0.05) is 26.8 Å². The van der Waals surface area contributed by atoms with Crippen LogP contribution in [0.3, 0.4) is 0 Å². The minimum absolute atomic E-state index is 0.170. The monoisotopic (exact) mass is 260 g/mol. The van der Waals surface area contributed by atoms with Crippen LogP contribution in [0.4, 0.5) is 5.69 Å². The van der Waals surface area contributed by atoms with E-state index in [1.165, 1.54) is 16.1 Å². The van der Waals surface area contributed by atoms with Gasteiger partial charge in [-0.25, -0.2) is 0 Å². The number of hydrogen-bond acceptors (Lipinski definition) is 3. The predicted molar refractivity (Wildman–Crippen MR) is 78.1 cm³/mol. The molecule has 96 valence electrons. The van der Waals surface area contributed by atoms with Crippen LogP contribution >= 0.6 is 11.8 Å². The molecule has 0 aliphatic carbocycles. The Bertz CT molecular complexity index is 482. The number of thioether (sulfide) groups is 1. The summed E-state index contributed by atoms with van der Waals surface area (Å²) in [5.41, 5.74) is 2.72. The molecule has 3 heteroatoms. The van der Waals surface area contributed by atoms with Crippen LogP contribution in [0.25, 0.3) is 0 Å². The van der Waals surface area contributed by atoms with Crippen molar-refractivity contribution in [3.8, 4) is 6.07 Å². The van der Waals surface area contributed by atoms with Gasteiger partial charge in [-0.15, -0.1) is 11.8 Å². The van der Waals surface area contributed by atoms with Gasteiger partial charge >= 0.3 is 0 Å². The number of nitrogens with one attached hydrogen (secondary N) is 1. The largest absolute Gasteiger partial charge is 0.381 e. The third-order valence-corrected chi connectivity index (χ3v) is 4.83. The molecule has 1 aliphatic rings. The van der Waals surface area contributed by atoms with Crippen LogP contribution in [0.1, 0.15) is 39.7 Å². The first-order valence-corrected chi connectivity index (χ1v) is 7.24. The molecule has 0 saturated carbocycles. The van der Waals surface area contributed by atoms with Crippen molar-refractivity contribution in [2.24, 2.45) is 0 Å². The second kappa shape index (κ2) is 4.85. The Balaban J connectivity index is 2.31. The molecular weight excluding hydrogens is 240 g/mol. The maximum atomic E-state index is 8.88. The molecule has 1 N–H and O–H groups in total. The molecule has 1 aromatic carbocycles. The van der Waals surface area contributed by atoms with E-state index >= 15 is 0 Å². The molecule has 0 spiro atoms. The van der Waals surface area contributed by atoms with Gasteiger partial charge in [0.05, 0.1) is 6.07 Å². The SMILES string of the molecule is CC1Nc2ccc(C(C)(C)C)cc2SC1CC#N. The lowest BCUT2D eigenvalue weighted by Crippen LogP contribution is -2.31. The fourth-order valence-electron chi connectivity index (χ4n) is 2.12. The maximum Gasteiger partial charge on any atom is 0.0634 e. The van der Waals surface area contributed by atoms with Gasteiger partial charge in [0.1, 0.15) is 0 Å². The highest BCUT2D eigenvalue weighted by molar-refractivity contribution is 8.00. The van der Waals surface area contributed by atoms with Crippen molar-refractivity contribution in [3.05, 3.63) is 23.8 Å². The first kappa shape index (κ1) is 13.3. The highest BCUT2D eigenvalue weighted by atomic mass is 32.2. The van der Waals surface area contributed by atoms with Crippen molar-refractivity contribution in [3.63, 3.8) is 0 Å². The van der Waals surface area contributed by atoms with Gasteiger partial charge in [0.15, 0.2) is 0 Å². The fraction of sp³-hybridized carbons (Fsp3) is 0.533. The summed E-state index contributed by atoms with van der Waals surface area (Å²) in [5, 5.41) is 12.7. The minimum atomic E-state index is 0.170. The number of nitriles is 1. The van der Waals surface area contributed by atoms with E-state index in [9.17, 15) is 0 Å². The van der Waals surface area contributed by atoms with E-state index in [2.05, 4.69) is 57.3 Å². The lowest BCUT2D eigenvalue weighted by Gasteiger charge is -2.32. The van der Waals surface area contributed by atoms with Crippen molar-refractivity contribution in [1.29, 1.82) is 5.26 Å². The molecule has 0 radical (unpaired) electrons. The average Bonchev–Trinajstić information content (AvgIpc) is 2.28. The van der Waals surface area contributed by atoms with Crippen LogP contribution < -0.4 is 5.32 Å². The summed E-state index contributed by atoms with van der Waals surface area (Å²) < 4.78 is 0. The van der Waals surface area contributed by atoms with E-state index in [4.69, 9.17) is 5.26 Å². The molecule has 0 bridgehead atoms. The quantitative estimate of drug-likeness (QED) is 0.823. The molecule has 1 heterocycles. The third kappa shape index (κ3) is 2.64. The Morgan fingerprint density at radius 1 is 1.39 bits per heavy atom. The molecule has 1 aromatic rings. The van der Waals surface area contributed by atoms with Crippen LogP contribution in [-0.2, 0) is 5.41 Å². The van der Waals surface area contributed by atoms with Crippen LogP contribution in [0.15, 0.2) is 23.1 Å². The normalized spacial score (nSPS) is 22.8. The third-order valence-electron chi connectivity index (χ3n) is 3.36. The summed E-state index contributed by atoms with van der Waals surface area (Å²) in [4.78, 5) is 1.28. The first-order chi connectivity index (χ1) is 8.41. The number of fused-ring (bicyclic) bond motifs is 1. The van der Waals surface area contributed by atoms with Crippen LogP contribution in [0.2, 0.25) is 0 Å². The fourth-order valence-corrected chi connectivity index (χ4v) is 3.32. The second-order valence-electron chi connectivity index (χ2n) is 5.91. The van der Waals surface area contributed by atoms with Crippen molar-refractivity contribution >= 4 is 17.4 Å². The van der Waals surface area contributed by atoms with E-state index in [-0.39, 0.29) is 5.41 Å². The summed E-state index contributed by atoms with van der Waals surface area (Å²) >= 11 is 1.83. The van der Waals surface area contributed by atoms with Gasteiger partial charge in [-0.3, -0.25) is 0 Å². The lowest BCUT2D eigenvalue weighted by atomic mass is 9.87. The molecular formula is C15H20N2S. The molecule has 0 aromatic heterocycles. The van der Waals surface area contributed by atoms with Gasteiger partial charge < -0.3 is 5.32 Å². The number of hydrogen-bond donors (Lipinski definition) is 1. The van der Waals surface area contributed by atoms with Crippen molar-refractivity contribution in [1.82, 2.24) is 0 Å². The Hall–Kier alpha value is -1.14. The van der Waals surface area contributed by atoms with E-state index in [1.807, 2.05) is 11.8 Å². The van der Waals surface area contributed by atoms with Gasteiger partial charge in [-0.2, -0.15) is 5.26 Å². The van der Waals surface area contributed by atoms with Crippen LogP contribution in [0.5, 0.6) is 0 Å². The van der Waals surface area contributed by atoms with Gasteiger partial charge in [-0.05, 0) is 30.0 Å². The molecule has 2 atom stereocenters. The average molecular weight is 260 g/mol. The van der Waals surface area contributed by atoms with Gasteiger partial charge in [0.2, 0.25) is 0 Å².